The Morgan fingerprint density at radius 2 is 1.55 bits per heavy atom. The fourth-order valence-electron chi connectivity index (χ4n) is 2.68. The van der Waals surface area contributed by atoms with Crippen LogP contribution in [-0.2, 0) is 4.79 Å². The molecule has 1 aliphatic rings. The van der Waals surface area contributed by atoms with Crippen LogP contribution in [0.1, 0.15) is 6.92 Å². The molecule has 2 aromatic rings. The Kier molecular flexibility index (Phi) is 4.28. The number of carbonyl (C=O) groups excluding carboxylic acids is 1. The van der Waals surface area contributed by atoms with E-state index < -0.39 is 0 Å². The van der Waals surface area contributed by atoms with Crippen molar-refractivity contribution in [3.8, 4) is 11.5 Å². The first kappa shape index (κ1) is 14.4. The topological polar surface area (TPSA) is 32.8 Å². The van der Waals surface area contributed by atoms with Crippen LogP contribution in [0.2, 0.25) is 0 Å². The minimum atomic E-state index is 0.147. The number of ether oxygens (including phenoxy) is 1. The molecule has 1 heterocycles. The van der Waals surface area contributed by atoms with Gasteiger partial charge in [-0.25, -0.2) is 0 Å². The van der Waals surface area contributed by atoms with Crippen LogP contribution >= 0.6 is 0 Å². The average Bonchev–Trinajstić information content (AvgIpc) is 2.56. The molecule has 0 unspecified atom stereocenters. The van der Waals surface area contributed by atoms with E-state index in [0.717, 1.165) is 43.4 Å². The second-order valence-electron chi connectivity index (χ2n) is 5.38. The molecular formula is C18H20N2O2. The van der Waals surface area contributed by atoms with Gasteiger partial charge in [-0.1, -0.05) is 30.3 Å². The Morgan fingerprint density at radius 3 is 2.23 bits per heavy atom. The summed E-state index contributed by atoms with van der Waals surface area (Å²) in [4.78, 5) is 15.6. The van der Waals surface area contributed by atoms with E-state index in [1.165, 1.54) is 0 Å². The molecule has 1 saturated heterocycles. The quantitative estimate of drug-likeness (QED) is 0.872. The number of nitrogens with zero attached hydrogens (tertiary/aromatic N) is 2. The van der Waals surface area contributed by atoms with Gasteiger partial charge in [0, 0.05) is 33.1 Å². The Morgan fingerprint density at radius 1 is 0.909 bits per heavy atom. The lowest BCUT2D eigenvalue weighted by Crippen LogP contribution is -2.48. The summed E-state index contributed by atoms with van der Waals surface area (Å²) in [7, 11) is 0. The molecule has 1 amide bonds. The van der Waals surface area contributed by atoms with Gasteiger partial charge in [-0.05, 0) is 24.3 Å². The highest BCUT2D eigenvalue weighted by Crippen LogP contribution is 2.32. The molecule has 0 saturated carbocycles. The smallest absolute Gasteiger partial charge is 0.219 e. The molecular weight excluding hydrogens is 276 g/mol. The van der Waals surface area contributed by atoms with Gasteiger partial charge in [0.05, 0.1) is 5.69 Å². The third-order valence-electron chi connectivity index (χ3n) is 3.90. The van der Waals surface area contributed by atoms with E-state index in [0.29, 0.717) is 0 Å². The van der Waals surface area contributed by atoms with Gasteiger partial charge < -0.3 is 14.5 Å². The number of hydrogen-bond acceptors (Lipinski definition) is 3. The van der Waals surface area contributed by atoms with Gasteiger partial charge in [0.1, 0.15) is 5.75 Å². The van der Waals surface area contributed by atoms with Crippen molar-refractivity contribution in [2.75, 3.05) is 31.1 Å². The first-order chi connectivity index (χ1) is 10.7. The largest absolute Gasteiger partial charge is 0.455 e. The van der Waals surface area contributed by atoms with E-state index in [4.69, 9.17) is 4.74 Å². The van der Waals surface area contributed by atoms with E-state index >= 15 is 0 Å². The zero-order valence-corrected chi connectivity index (χ0v) is 12.7. The van der Waals surface area contributed by atoms with Crippen molar-refractivity contribution in [1.29, 1.82) is 0 Å². The molecule has 4 nitrogen and oxygen atoms in total. The summed E-state index contributed by atoms with van der Waals surface area (Å²) in [6, 6.07) is 17.8. The lowest BCUT2D eigenvalue weighted by Gasteiger charge is -2.36. The number of benzene rings is 2. The van der Waals surface area contributed by atoms with Gasteiger partial charge in [0.25, 0.3) is 0 Å². The molecule has 0 radical (unpaired) electrons. The molecule has 114 valence electrons. The number of carbonyl (C=O) groups is 1. The molecule has 1 aliphatic heterocycles. The Hall–Kier alpha value is -2.49. The van der Waals surface area contributed by atoms with Crippen LogP contribution in [0.4, 0.5) is 5.69 Å². The van der Waals surface area contributed by atoms with E-state index in [1.54, 1.807) is 6.92 Å². The van der Waals surface area contributed by atoms with Gasteiger partial charge in [0.15, 0.2) is 5.75 Å². The molecule has 1 fully saturated rings. The zero-order valence-electron chi connectivity index (χ0n) is 12.7. The van der Waals surface area contributed by atoms with Crippen molar-refractivity contribution in [3.63, 3.8) is 0 Å². The van der Waals surface area contributed by atoms with Crippen molar-refractivity contribution >= 4 is 11.6 Å². The molecule has 0 atom stereocenters. The average molecular weight is 296 g/mol. The maximum Gasteiger partial charge on any atom is 0.219 e. The van der Waals surface area contributed by atoms with Crippen LogP contribution in [0.5, 0.6) is 11.5 Å². The predicted octanol–water partition coefficient (Wildman–Crippen LogP) is 3.15. The van der Waals surface area contributed by atoms with Crippen molar-refractivity contribution < 1.29 is 9.53 Å². The van der Waals surface area contributed by atoms with Gasteiger partial charge >= 0.3 is 0 Å². The second-order valence-corrected chi connectivity index (χ2v) is 5.38. The molecule has 3 rings (SSSR count). The molecule has 0 N–H and O–H groups in total. The number of hydrogen-bond donors (Lipinski definition) is 0. The standard InChI is InChI=1S/C18H20N2O2/c1-15(21)19-11-13-20(14-12-19)17-9-5-6-10-18(17)22-16-7-3-2-4-8-16/h2-10H,11-14H2,1H3. The number of rotatable bonds is 3. The maximum atomic E-state index is 11.4. The van der Waals surface area contributed by atoms with Crippen molar-refractivity contribution in [2.24, 2.45) is 0 Å². The fraction of sp³-hybridized carbons (Fsp3) is 0.278. The summed E-state index contributed by atoms with van der Waals surface area (Å²) in [5, 5.41) is 0. The summed E-state index contributed by atoms with van der Waals surface area (Å²) in [5.41, 5.74) is 1.08. The molecule has 4 heteroatoms. The van der Waals surface area contributed by atoms with Crippen molar-refractivity contribution in [1.82, 2.24) is 4.90 Å². The molecule has 2 aromatic carbocycles. The third kappa shape index (κ3) is 3.22. The lowest BCUT2D eigenvalue weighted by atomic mass is 10.2. The normalized spacial score (nSPS) is 14.8. The fourth-order valence-corrected chi connectivity index (χ4v) is 2.68. The van der Waals surface area contributed by atoms with Gasteiger partial charge in [-0.2, -0.15) is 0 Å². The van der Waals surface area contributed by atoms with Crippen LogP contribution < -0.4 is 9.64 Å². The number of amides is 1. The predicted molar refractivity (Wildman–Crippen MR) is 87.4 cm³/mol. The van der Waals surface area contributed by atoms with E-state index in [1.807, 2.05) is 53.4 Å². The Labute approximate surface area is 130 Å². The van der Waals surface area contributed by atoms with Crippen LogP contribution in [0.3, 0.4) is 0 Å². The molecule has 0 aromatic heterocycles. The summed E-state index contributed by atoms with van der Waals surface area (Å²) in [6.45, 7) is 4.80. The monoisotopic (exact) mass is 296 g/mol. The summed E-state index contributed by atoms with van der Waals surface area (Å²) < 4.78 is 6.01. The highest BCUT2D eigenvalue weighted by Gasteiger charge is 2.21. The second kappa shape index (κ2) is 6.52. The number of anilines is 1. The van der Waals surface area contributed by atoms with E-state index in [2.05, 4.69) is 11.0 Å². The number of para-hydroxylation sites is 3. The van der Waals surface area contributed by atoms with Crippen molar-refractivity contribution in [3.05, 3.63) is 54.6 Å². The van der Waals surface area contributed by atoms with Gasteiger partial charge in [0.2, 0.25) is 5.91 Å². The zero-order chi connectivity index (χ0) is 15.4. The van der Waals surface area contributed by atoms with Crippen LogP contribution in [0.15, 0.2) is 54.6 Å². The first-order valence-electron chi connectivity index (χ1n) is 7.56. The van der Waals surface area contributed by atoms with Crippen LogP contribution in [-0.4, -0.2) is 37.0 Å². The minimum Gasteiger partial charge on any atom is -0.455 e. The molecule has 22 heavy (non-hydrogen) atoms. The Bertz CT molecular complexity index is 635. The molecule has 0 spiro atoms. The summed E-state index contributed by atoms with van der Waals surface area (Å²) in [5.74, 6) is 1.83. The summed E-state index contributed by atoms with van der Waals surface area (Å²) >= 11 is 0. The molecule has 0 aliphatic carbocycles. The minimum absolute atomic E-state index is 0.147. The Balaban J connectivity index is 1.76. The van der Waals surface area contributed by atoms with Crippen molar-refractivity contribution in [2.45, 2.75) is 6.92 Å². The molecule has 0 bridgehead atoms. The van der Waals surface area contributed by atoms with Gasteiger partial charge in [-0.15, -0.1) is 0 Å². The van der Waals surface area contributed by atoms with Crippen LogP contribution in [0.25, 0.3) is 0 Å². The SMILES string of the molecule is CC(=O)N1CCN(c2ccccc2Oc2ccccc2)CC1. The number of piperazine rings is 1. The van der Waals surface area contributed by atoms with Crippen LogP contribution in [0, 0.1) is 0 Å². The third-order valence-corrected chi connectivity index (χ3v) is 3.90. The van der Waals surface area contributed by atoms with E-state index in [9.17, 15) is 4.79 Å². The van der Waals surface area contributed by atoms with E-state index in [-0.39, 0.29) is 5.91 Å². The summed E-state index contributed by atoms with van der Waals surface area (Å²) in [6.07, 6.45) is 0. The first-order valence-corrected chi connectivity index (χ1v) is 7.56. The highest BCUT2D eigenvalue weighted by atomic mass is 16.5. The highest BCUT2D eigenvalue weighted by molar-refractivity contribution is 5.73. The van der Waals surface area contributed by atoms with Gasteiger partial charge in [-0.3, -0.25) is 4.79 Å². The lowest BCUT2D eigenvalue weighted by molar-refractivity contribution is -0.129. The maximum absolute atomic E-state index is 11.4.